The Morgan fingerprint density at radius 2 is 1.37 bits per heavy atom. The van der Waals surface area contributed by atoms with Gasteiger partial charge in [-0.25, -0.2) is 0 Å². The van der Waals surface area contributed by atoms with Gasteiger partial charge in [0.1, 0.15) is 5.60 Å². The first-order chi connectivity index (χ1) is 14.1. The van der Waals surface area contributed by atoms with Crippen molar-refractivity contribution in [1.82, 2.24) is 0 Å². The summed E-state index contributed by atoms with van der Waals surface area (Å²) in [5.74, 6) is -1.02. The molecule has 0 spiro atoms. The third kappa shape index (κ3) is 3.96. The zero-order valence-corrected chi connectivity index (χ0v) is 18.7. The van der Waals surface area contributed by atoms with E-state index in [2.05, 4.69) is 0 Å². The maximum atomic E-state index is 13.1. The van der Waals surface area contributed by atoms with Crippen LogP contribution in [0.4, 0.5) is 0 Å². The van der Waals surface area contributed by atoms with E-state index in [4.69, 9.17) is 23.7 Å². The average molecular weight is 427 g/mol. The Hall–Kier alpha value is -1.67. The molecular weight excluding hydrogens is 392 g/mol. The largest absolute Gasteiger partial charge is 0.459 e. The van der Waals surface area contributed by atoms with Crippen LogP contribution in [0.15, 0.2) is 0 Å². The van der Waals surface area contributed by atoms with Crippen LogP contribution in [0.1, 0.15) is 65.7 Å². The Balaban J connectivity index is 1.95. The van der Waals surface area contributed by atoms with Gasteiger partial charge in [0, 0.05) is 27.1 Å². The highest BCUT2D eigenvalue weighted by Crippen LogP contribution is 2.68. The van der Waals surface area contributed by atoms with Gasteiger partial charge in [0.25, 0.3) is 0 Å². The lowest BCUT2D eigenvalue weighted by molar-refractivity contribution is -0.243. The van der Waals surface area contributed by atoms with Gasteiger partial charge in [-0.15, -0.1) is 0 Å². The summed E-state index contributed by atoms with van der Waals surface area (Å²) in [6.45, 7) is 5.33. The number of carbonyl (C=O) groups is 3. The highest BCUT2D eigenvalue weighted by Gasteiger charge is 2.70. The third-order valence-corrected chi connectivity index (χ3v) is 7.24. The van der Waals surface area contributed by atoms with E-state index in [1.807, 2.05) is 20.8 Å². The Morgan fingerprint density at radius 3 is 1.80 bits per heavy atom. The number of ether oxygens (including phenoxy) is 5. The van der Waals surface area contributed by atoms with Gasteiger partial charge in [0.15, 0.2) is 13.6 Å². The molecule has 170 valence electrons. The van der Waals surface area contributed by atoms with Gasteiger partial charge >= 0.3 is 17.9 Å². The first kappa shape index (κ1) is 23.0. The van der Waals surface area contributed by atoms with E-state index in [1.165, 1.54) is 14.2 Å². The molecule has 0 aromatic carbocycles. The van der Waals surface area contributed by atoms with E-state index < -0.39 is 33.8 Å². The zero-order chi connectivity index (χ0) is 22.2. The lowest BCUT2D eigenvalue weighted by Gasteiger charge is -2.63. The van der Waals surface area contributed by atoms with Gasteiger partial charge in [0.05, 0.1) is 16.2 Å². The molecule has 0 aromatic heterocycles. The van der Waals surface area contributed by atoms with Crippen LogP contribution in [0.3, 0.4) is 0 Å². The quantitative estimate of drug-likeness (QED) is 0.315. The summed E-state index contributed by atoms with van der Waals surface area (Å²) in [4.78, 5) is 39.2. The molecule has 4 bridgehead atoms. The minimum atomic E-state index is -0.888. The van der Waals surface area contributed by atoms with E-state index in [0.29, 0.717) is 44.9 Å². The molecule has 4 aliphatic rings. The highest BCUT2D eigenvalue weighted by atomic mass is 16.7. The molecule has 2 unspecified atom stereocenters. The topological polar surface area (TPSA) is 97.4 Å². The van der Waals surface area contributed by atoms with E-state index in [0.717, 1.165) is 0 Å². The number of hydrogen-bond donors (Lipinski definition) is 0. The van der Waals surface area contributed by atoms with Crippen LogP contribution in [0.2, 0.25) is 0 Å². The molecule has 0 saturated heterocycles. The lowest BCUT2D eigenvalue weighted by Crippen LogP contribution is -2.66. The van der Waals surface area contributed by atoms with Gasteiger partial charge in [-0.05, 0) is 51.9 Å². The molecule has 0 N–H and O–H groups in total. The van der Waals surface area contributed by atoms with Crippen LogP contribution >= 0.6 is 0 Å². The van der Waals surface area contributed by atoms with Crippen molar-refractivity contribution in [3.63, 3.8) is 0 Å². The van der Waals surface area contributed by atoms with Gasteiger partial charge in [0.2, 0.25) is 0 Å². The fourth-order valence-corrected chi connectivity index (χ4v) is 5.93. The van der Waals surface area contributed by atoms with Crippen LogP contribution in [0.5, 0.6) is 0 Å². The summed E-state index contributed by atoms with van der Waals surface area (Å²) in [6, 6.07) is 0. The highest BCUT2D eigenvalue weighted by molar-refractivity contribution is 5.84. The Kier molecular flexibility index (Phi) is 6.22. The van der Waals surface area contributed by atoms with Crippen molar-refractivity contribution in [2.45, 2.75) is 71.3 Å². The maximum absolute atomic E-state index is 13.1. The summed E-state index contributed by atoms with van der Waals surface area (Å²) in [6.07, 6.45) is 3.58. The standard InChI is InChI=1S/C22H34O8/c1-6-19(2,3)16(23)30-22-9-15-7-20(11-22,17(24)28-13-26-4)10-21(8-15,12-22)18(25)29-14-27-5/h15H,6-14H2,1-5H3. The van der Waals surface area contributed by atoms with E-state index >= 15 is 0 Å². The van der Waals surface area contributed by atoms with Crippen molar-refractivity contribution in [2.75, 3.05) is 27.8 Å². The molecule has 0 amide bonds. The number of methoxy groups -OCH3 is 2. The molecule has 2 atom stereocenters. The van der Waals surface area contributed by atoms with Gasteiger partial charge in [-0.1, -0.05) is 6.92 Å². The predicted molar refractivity (Wildman–Crippen MR) is 105 cm³/mol. The monoisotopic (exact) mass is 426 g/mol. The molecule has 8 nitrogen and oxygen atoms in total. The molecule has 4 aliphatic carbocycles. The first-order valence-electron chi connectivity index (χ1n) is 10.6. The van der Waals surface area contributed by atoms with Crippen LogP contribution in [0, 0.1) is 22.2 Å². The summed E-state index contributed by atoms with van der Waals surface area (Å²) in [5.41, 5.74) is -3.29. The molecule has 8 heteroatoms. The minimum absolute atomic E-state index is 0.0731. The summed E-state index contributed by atoms with van der Waals surface area (Å²) in [7, 11) is 2.90. The molecule has 0 radical (unpaired) electrons. The first-order valence-corrected chi connectivity index (χ1v) is 10.6. The van der Waals surface area contributed by atoms with Crippen LogP contribution in [0.25, 0.3) is 0 Å². The molecule has 0 aromatic rings. The molecule has 4 rings (SSSR count). The van der Waals surface area contributed by atoms with Gasteiger partial charge in [-0.3, -0.25) is 14.4 Å². The van der Waals surface area contributed by atoms with Gasteiger partial charge < -0.3 is 23.7 Å². The lowest BCUT2D eigenvalue weighted by atomic mass is 9.42. The van der Waals surface area contributed by atoms with Crippen LogP contribution < -0.4 is 0 Å². The molecule has 4 fully saturated rings. The van der Waals surface area contributed by atoms with Crippen molar-refractivity contribution in [1.29, 1.82) is 0 Å². The molecule has 4 saturated carbocycles. The van der Waals surface area contributed by atoms with Crippen LogP contribution in [-0.2, 0) is 38.1 Å². The molecule has 0 heterocycles. The number of esters is 3. The summed E-state index contributed by atoms with van der Waals surface area (Å²) in [5, 5.41) is 0. The van der Waals surface area contributed by atoms with E-state index in [9.17, 15) is 14.4 Å². The molecule has 0 aliphatic heterocycles. The number of hydrogen-bond acceptors (Lipinski definition) is 8. The van der Waals surface area contributed by atoms with Crippen molar-refractivity contribution in [3.8, 4) is 0 Å². The fraction of sp³-hybridized carbons (Fsp3) is 0.864. The fourth-order valence-electron chi connectivity index (χ4n) is 5.93. The maximum Gasteiger partial charge on any atom is 0.314 e. The van der Waals surface area contributed by atoms with Crippen molar-refractivity contribution in [3.05, 3.63) is 0 Å². The number of carbonyl (C=O) groups excluding carboxylic acids is 3. The smallest absolute Gasteiger partial charge is 0.314 e. The normalized spacial score (nSPS) is 34.5. The minimum Gasteiger partial charge on any atom is -0.459 e. The molecule has 30 heavy (non-hydrogen) atoms. The Labute approximate surface area is 177 Å². The van der Waals surface area contributed by atoms with Crippen molar-refractivity contribution in [2.24, 2.45) is 22.2 Å². The average Bonchev–Trinajstić information content (AvgIpc) is 2.68. The van der Waals surface area contributed by atoms with E-state index in [-0.39, 0.29) is 25.5 Å². The Morgan fingerprint density at radius 1 is 0.867 bits per heavy atom. The van der Waals surface area contributed by atoms with Crippen molar-refractivity contribution >= 4 is 17.9 Å². The third-order valence-electron chi connectivity index (χ3n) is 7.24. The second-order valence-electron chi connectivity index (χ2n) is 10.1. The number of rotatable bonds is 9. The second-order valence-corrected chi connectivity index (χ2v) is 10.1. The summed E-state index contributed by atoms with van der Waals surface area (Å²) >= 11 is 0. The Bertz CT molecular complexity index is 663. The zero-order valence-electron chi connectivity index (χ0n) is 18.7. The molecular formula is C22H34O8. The summed E-state index contributed by atoms with van der Waals surface area (Å²) < 4.78 is 26.7. The SMILES string of the molecule is CCC(C)(C)C(=O)OC12CC3CC(C(=O)OCOC)(C1)CC(C(=O)OCOC)(C3)C2. The van der Waals surface area contributed by atoms with E-state index in [1.54, 1.807) is 0 Å². The van der Waals surface area contributed by atoms with Gasteiger partial charge in [-0.2, -0.15) is 0 Å². The van der Waals surface area contributed by atoms with Crippen LogP contribution in [-0.4, -0.2) is 51.3 Å². The predicted octanol–water partition coefficient (Wildman–Crippen LogP) is 2.97. The second kappa shape index (κ2) is 8.11. The van der Waals surface area contributed by atoms with Crippen molar-refractivity contribution < 1.29 is 38.1 Å².